The molecule has 0 spiro atoms. The smallest absolute Gasteiger partial charge is 0.328 e. The van der Waals surface area contributed by atoms with E-state index in [0.717, 1.165) is 16.7 Å². The van der Waals surface area contributed by atoms with Gasteiger partial charge in [-0.25, -0.2) is 4.79 Å². The van der Waals surface area contributed by atoms with Crippen LogP contribution in [0.3, 0.4) is 0 Å². The number of carbonyl (C=O) groups is 3. The second-order valence-corrected chi connectivity index (χ2v) is 9.69. The number of hydrogen-bond acceptors (Lipinski definition) is 9. The molecular weight excluding hydrogens is 538 g/mol. The molecule has 2 aromatic heterocycles. The van der Waals surface area contributed by atoms with E-state index in [4.69, 9.17) is 15.2 Å². The van der Waals surface area contributed by atoms with Crippen LogP contribution in [-0.4, -0.2) is 56.7 Å². The third-order valence-corrected chi connectivity index (χ3v) is 6.71. The van der Waals surface area contributed by atoms with Gasteiger partial charge in [0.25, 0.3) is 5.91 Å². The molecule has 42 heavy (non-hydrogen) atoms. The zero-order valence-corrected chi connectivity index (χ0v) is 23.7. The molecule has 0 aliphatic carbocycles. The predicted molar refractivity (Wildman–Crippen MR) is 157 cm³/mol. The highest BCUT2D eigenvalue weighted by Gasteiger charge is 2.24. The van der Waals surface area contributed by atoms with Crippen LogP contribution in [0.1, 0.15) is 53.7 Å². The number of nitrogens with zero attached hydrogens (tertiary/aromatic N) is 3. The summed E-state index contributed by atoms with van der Waals surface area (Å²) in [6, 6.07) is 16.0. The molecule has 4 N–H and O–H groups in total. The van der Waals surface area contributed by atoms with Gasteiger partial charge in [-0.3, -0.25) is 9.59 Å². The number of ether oxygens (including phenoxy) is 2. The third-order valence-electron chi connectivity index (χ3n) is 6.71. The molecule has 2 aromatic carbocycles. The SMILES string of the molecule is CCOC(=O)CC[C@@H](NC(=O)c1ccc(CCc2cn(Cc3ccccc3)c3nc(N)nc(O)c23)cc1)C(=O)OCC. The number of anilines is 1. The molecule has 0 saturated carbocycles. The predicted octanol–water partition coefficient (Wildman–Crippen LogP) is 3.56. The molecule has 0 aliphatic heterocycles. The standard InChI is InChI=1S/C31H35N5O6/c1-3-41-25(37)17-16-24(30(40)42-4-2)33-28(38)22-13-10-20(11-14-22)12-15-23-19-36(18-21-8-6-5-7-9-21)27-26(23)29(39)35-31(32)34-27/h5-11,13-14,19,24H,3-4,12,15-18H2,1-2H3,(H,33,38)(H3,32,34,35,39)/t24-/m1/s1. The second-order valence-electron chi connectivity index (χ2n) is 9.69. The topological polar surface area (TPSA) is 159 Å². The number of nitrogens with one attached hydrogen (secondary N) is 1. The van der Waals surface area contributed by atoms with Crippen LogP contribution in [0.5, 0.6) is 5.88 Å². The van der Waals surface area contributed by atoms with Crippen LogP contribution in [0.4, 0.5) is 5.95 Å². The highest BCUT2D eigenvalue weighted by molar-refractivity contribution is 5.97. The molecule has 0 bridgehead atoms. The van der Waals surface area contributed by atoms with Crippen molar-refractivity contribution >= 4 is 34.8 Å². The summed E-state index contributed by atoms with van der Waals surface area (Å²) in [7, 11) is 0. The van der Waals surface area contributed by atoms with Crippen molar-refractivity contribution in [2.75, 3.05) is 18.9 Å². The minimum absolute atomic E-state index is 0.00100. The quantitative estimate of drug-likeness (QED) is 0.203. The fourth-order valence-corrected chi connectivity index (χ4v) is 4.68. The molecule has 1 amide bonds. The van der Waals surface area contributed by atoms with Crippen molar-refractivity contribution in [2.45, 2.75) is 52.1 Å². The molecule has 0 unspecified atom stereocenters. The fourth-order valence-electron chi connectivity index (χ4n) is 4.68. The van der Waals surface area contributed by atoms with E-state index in [9.17, 15) is 19.5 Å². The van der Waals surface area contributed by atoms with Crippen molar-refractivity contribution in [1.82, 2.24) is 19.9 Å². The van der Waals surface area contributed by atoms with E-state index in [1.807, 2.05) is 53.2 Å². The molecule has 220 valence electrons. The first-order chi connectivity index (χ1) is 20.3. The molecule has 11 nitrogen and oxygen atoms in total. The minimum Gasteiger partial charge on any atom is -0.493 e. The summed E-state index contributed by atoms with van der Waals surface area (Å²) < 4.78 is 11.9. The zero-order valence-electron chi connectivity index (χ0n) is 23.7. The van der Waals surface area contributed by atoms with Gasteiger partial charge in [0.1, 0.15) is 11.7 Å². The maximum absolute atomic E-state index is 12.9. The lowest BCUT2D eigenvalue weighted by Crippen LogP contribution is -2.42. The Kier molecular flexibility index (Phi) is 10.1. The van der Waals surface area contributed by atoms with Crippen LogP contribution < -0.4 is 11.1 Å². The van der Waals surface area contributed by atoms with E-state index in [0.29, 0.717) is 36.0 Å². The van der Waals surface area contributed by atoms with Crippen LogP contribution in [0.25, 0.3) is 11.0 Å². The second kappa shape index (κ2) is 14.1. The van der Waals surface area contributed by atoms with Gasteiger partial charge in [0.15, 0.2) is 0 Å². The van der Waals surface area contributed by atoms with Crippen LogP contribution in [0.15, 0.2) is 60.8 Å². The normalized spacial score (nSPS) is 11.7. The monoisotopic (exact) mass is 573 g/mol. The van der Waals surface area contributed by atoms with E-state index < -0.39 is 23.9 Å². The largest absolute Gasteiger partial charge is 0.493 e. The number of aryl methyl sites for hydroxylation is 2. The summed E-state index contributed by atoms with van der Waals surface area (Å²) in [6.45, 7) is 4.32. The van der Waals surface area contributed by atoms with Crippen LogP contribution in [0, 0.1) is 0 Å². The molecule has 0 aliphatic rings. The van der Waals surface area contributed by atoms with Gasteiger partial charge in [0.05, 0.1) is 18.6 Å². The first-order valence-electron chi connectivity index (χ1n) is 13.9. The van der Waals surface area contributed by atoms with Gasteiger partial charge in [-0.15, -0.1) is 0 Å². The van der Waals surface area contributed by atoms with E-state index in [1.54, 1.807) is 26.0 Å². The first-order valence-corrected chi connectivity index (χ1v) is 13.9. The third kappa shape index (κ3) is 7.62. The minimum atomic E-state index is -0.973. The van der Waals surface area contributed by atoms with Gasteiger partial charge in [0.2, 0.25) is 11.8 Å². The highest BCUT2D eigenvalue weighted by atomic mass is 16.5. The molecule has 1 atom stereocenters. The summed E-state index contributed by atoms with van der Waals surface area (Å²) >= 11 is 0. The number of aromatic nitrogens is 3. The van der Waals surface area contributed by atoms with E-state index in [1.165, 1.54) is 0 Å². The number of nitrogen functional groups attached to an aromatic ring is 1. The number of aromatic hydroxyl groups is 1. The first kappa shape index (κ1) is 30.0. The molecular formula is C31H35N5O6. The maximum Gasteiger partial charge on any atom is 0.328 e. The molecule has 4 rings (SSSR count). The van der Waals surface area contributed by atoms with Gasteiger partial charge < -0.3 is 30.2 Å². The van der Waals surface area contributed by atoms with E-state index in [-0.39, 0.29) is 37.9 Å². The van der Waals surface area contributed by atoms with Crippen molar-refractivity contribution in [1.29, 1.82) is 0 Å². The maximum atomic E-state index is 12.9. The van der Waals surface area contributed by atoms with Crippen molar-refractivity contribution in [2.24, 2.45) is 0 Å². The lowest BCUT2D eigenvalue weighted by atomic mass is 10.0. The van der Waals surface area contributed by atoms with Crippen LogP contribution >= 0.6 is 0 Å². The van der Waals surface area contributed by atoms with Gasteiger partial charge in [-0.2, -0.15) is 9.97 Å². The summed E-state index contributed by atoms with van der Waals surface area (Å²) in [6.07, 6.45) is 3.22. The van der Waals surface area contributed by atoms with Crippen LogP contribution in [0.2, 0.25) is 0 Å². The number of nitrogens with two attached hydrogens (primary N) is 1. The number of fused-ring (bicyclic) bond motifs is 1. The Hall–Kier alpha value is -4.93. The Morgan fingerprint density at radius 2 is 1.67 bits per heavy atom. The van der Waals surface area contributed by atoms with Crippen molar-refractivity contribution < 1.29 is 29.0 Å². The summed E-state index contributed by atoms with van der Waals surface area (Å²) in [5.74, 6) is -1.67. The van der Waals surface area contributed by atoms with Gasteiger partial charge in [0, 0.05) is 24.7 Å². The zero-order chi connectivity index (χ0) is 30.1. The Balaban J connectivity index is 1.44. The fraction of sp³-hybridized carbons (Fsp3) is 0.323. The number of hydrogen-bond donors (Lipinski definition) is 3. The van der Waals surface area contributed by atoms with E-state index >= 15 is 0 Å². The average Bonchev–Trinajstić information content (AvgIpc) is 3.32. The van der Waals surface area contributed by atoms with Crippen molar-refractivity contribution in [3.8, 4) is 5.88 Å². The van der Waals surface area contributed by atoms with Gasteiger partial charge in [-0.1, -0.05) is 42.5 Å². The van der Waals surface area contributed by atoms with Crippen molar-refractivity contribution in [3.63, 3.8) is 0 Å². The number of amides is 1. The summed E-state index contributed by atoms with van der Waals surface area (Å²) in [5.41, 5.74) is 9.68. The molecule has 11 heteroatoms. The Bertz CT molecular complexity index is 1540. The lowest BCUT2D eigenvalue weighted by Gasteiger charge is -2.17. The number of rotatable bonds is 13. The Labute approximate surface area is 243 Å². The molecule has 4 aromatic rings. The van der Waals surface area contributed by atoms with Gasteiger partial charge >= 0.3 is 11.9 Å². The van der Waals surface area contributed by atoms with Crippen molar-refractivity contribution in [3.05, 3.63) is 83.0 Å². The molecule has 0 fully saturated rings. The number of benzene rings is 2. The Morgan fingerprint density at radius 3 is 2.36 bits per heavy atom. The van der Waals surface area contributed by atoms with Gasteiger partial charge in [-0.05, 0) is 61.9 Å². The lowest BCUT2D eigenvalue weighted by molar-refractivity contribution is -0.146. The average molecular weight is 574 g/mol. The van der Waals surface area contributed by atoms with Crippen LogP contribution in [-0.2, 0) is 38.4 Å². The molecule has 2 heterocycles. The molecule has 0 saturated heterocycles. The number of carbonyl (C=O) groups excluding carboxylic acids is 3. The Morgan fingerprint density at radius 1 is 0.952 bits per heavy atom. The molecule has 0 radical (unpaired) electrons. The number of esters is 2. The summed E-state index contributed by atoms with van der Waals surface area (Å²) in [4.78, 5) is 45.4. The highest BCUT2D eigenvalue weighted by Crippen LogP contribution is 2.29. The summed E-state index contributed by atoms with van der Waals surface area (Å²) in [5, 5.41) is 13.8. The van der Waals surface area contributed by atoms with E-state index in [2.05, 4.69) is 15.3 Å².